The number of fused-ring (bicyclic) bond motifs is 1. The first-order valence-electron chi connectivity index (χ1n) is 7.36. The molecule has 23 heavy (non-hydrogen) atoms. The second-order valence-corrected chi connectivity index (χ2v) is 5.58. The van der Waals surface area contributed by atoms with Gasteiger partial charge < -0.3 is 15.0 Å². The van der Waals surface area contributed by atoms with Crippen LogP contribution in [0.3, 0.4) is 0 Å². The van der Waals surface area contributed by atoms with Crippen molar-refractivity contribution in [3.05, 3.63) is 35.6 Å². The molecular formula is C15H15ClN6O. The van der Waals surface area contributed by atoms with Gasteiger partial charge in [0.1, 0.15) is 11.3 Å². The van der Waals surface area contributed by atoms with Crippen LogP contribution in [0, 0.1) is 0 Å². The minimum atomic E-state index is 0.487. The van der Waals surface area contributed by atoms with Gasteiger partial charge in [0.2, 0.25) is 0 Å². The van der Waals surface area contributed by atoms with E-state index in [4.69, 9.17) is 16.3 Å². The lowest BCUT2D eigenvalue weighted by Gasteiger charge is -2.28. The van der Waals surface area contributed by atoms with Gasteiger partial charge in [-0.25, -0.2) is 9.97 Å². The second-order valence-electron chi connectivity index (χ2n) is 5.20. The molecule has 7 nitrogen and oxygen atoms in total. The third kappa shape index (κ3) is 2.69. The molecule has 1 aromatic carbocycles. The molecule has 0 unspecified atom stereocenters. The summed E-state index contributed by atoms with van der Waals surface area (Å²) in [6, 6.07) is 7.87. The average molecular weight is 331 g/mol. The summed E-state index contributed by atoms with van der Waals surface area (Å²) in [4.78, 5) is 10.7. The fourth-order valence-corrected chi connectivity index (χ4v) is 2.88. The van der Waals surface area contributed by atoms with Crippen molar-refractivity contribution < 1.29 is 4.74 Å². The molecule has 4 rings (SSSR count). The first-order chi connectivity index (χ1) is 11.3. The summed E-state index contributed by atoms with van der Waals surface area (Å²) in [7, 11) is 0. The van der Waals surface area contributed by atoms with E-state index in [-0.39, 0.29) is 0 Å². The number of H-pyrrole nitrogens is 1. The highest BCUT2D eigenvalue weighted by molar-refractivity contribution is 6.35. The van der Waals surface area contributed by atoms with Gasteiger partial charge in [-0.1, -0.05) is 23.7 Å². The molecule has 118 valence electrons. The highest BCUT2D eigenvalue weighted by Crippen LogP contribution is 2.32. The van der Waals surface area contributed by atoms with Crippen molar-refractivity contribution in [3.8, 4) is 0 Å². The summed E-state index contributed by atoms with van der Waals surface area (Å²) in [5.74, 6) is 1.95. The third-order valence-electron chi connectivity index (χ3n) is 3.79. The number of nitrogens with one attached hydrogen (secondary N) is 2. The van der Waals surface area contributed by atoms with Crippen molar-refractivity contribution >= 4 is 40.0 Å². The van der Waals surface area contributed by atoms with E-state index in [1.807, 2.05) is 24.3 Å². The zero-order valence-electron chi connectivity index (χ0n) is 12.3. The summed E-state index contributed by atoms with van der Waals surface area (Å²) in [5.41, 5.74) is 0.952. The van der Waals surface area contributed by atoms with Gasteiger partial charge in [0.05, 0.1) is 18.7 Å². The van der Waals surface area contributed by atoms with Crippen LogP contribution in [0.25, 0.3) is 10.9 Å². The summed E-state index contributed by atoms with van der Waals surface area (Å²) in [5, 5.41) is 11.9. The van der Waals surface area contributed by atoms with Crippen molar-refractivity contribution in [1.82, 2.24) is 20.2 Å². The minimum absolute atomic E-state index is 0.487. The Balaban J connectivity index is 1.66. The number of hydrogen-bond donors (Lipinski definition) is 2. The van der Waals surface area contributed by atoms with Crippen LogP contribution in [0.15, 0.2) is 30.6 Å². The minimum Gasteiger partial charge on any atom is -0.378 e. The molecule has 1 aliphatic rings. The summed E-state index contributed by atoms with van der Waals surface area (Å²) in [6.45, 7) is 2.88. The summed E-state index contributed by atoms with van der Waals surface area (Å²) < 4.78 is 5.37. The number of aromatic nitrogens is 4. The average Bonchev–Trinajstić information content (AvgIpc) is 3.01. The van der Waals surface area contributed by atoms with Crippen molar-refractivity contribution in [3.63, 3.8) is 0 Å². The standard InChI is InChI=1S/C15H15ClN6O/c16-12-14(17-9-18-15(12)22-5-7-23-8-6-22)19-13-10-3-1-2-4-11(10)20-21-13/h1-4,9H,5-8H2,(H2,17,18,19,20,21). The molecule has 0 radical (unpaired) electrons. The maximum absolute atomic E-state index is 6.50. The van der Waals surface area contributed by atoms with Crippen LogP contribution in [-0.4, -0.2) is 46.5 Å². The molecule has 2 aromatic heterocycles. The van der Waals surface area contributed by atoms with Gasteiger partial charge in [-0.15, -0.1) is 0 Å². The van der Waals surface area contributed by atoms with Crippen LogP contribution in [0.4, 0.5) is 17.5 Å². The Bertz CT molecular complexity index is 830. The van der Waals surface area contributed by atoms with Gasteiger partial charge in [-0.3, -0.25) is 5.10 Å². The predicted molar refractivity (Wildman–Crippen MR) is 89.5 cm³/mol. The smallest absolute Gasteiger partial charge is 0.161 e. The fourth-order valence-electron chi connectivity index (χ4n) is 2.61. The number of hydrogen-bond acceptors (Lipinski definition) is 6. The Morgan fingerprint density at radius 3 is 2.83 bits per heavy atom. The molecule has 0 saturated carbocycles. The number of aromatic amines is 1. The number of morpholine rings is 1. The largest absolute Gasteiger partial charge is 0.378 e. The molecule has 3 heterocycles. The molecule has 0 bridgehead atoms. The predicted octanol–water partition coefficient (Wildman–Crippen LogP) is 2.59. The number of para-hydroxylation sites is 1. The van der Waals surface area contributed by atoms with E-state index >= 15 is 0 Å². The van der Waals surface area contributed by atoms with Crippen LogP contribution < -0.4 is 10.2 Å². The monoisotopic (exact) mass is 330 g/mol. The Morgan fingerprint density at radius 1 is 1.13 bits per heavy atom. The number of nitrogens with zero attached hydrogens (tertiary/aromatic N) is 4. The summed E-state index contributed by atoms with van der Waals surface area (Å²) in [6.07, 6.45) is 1.51. The van der Waals surface area contributed by atoms with Crippen LogP contribution in [0.2, 0.25) is 5.02 Å². The van der Waals surface area contributed by atoms with E-state index in [9.17, 15) is 0 Å². The zero-order chi connectivity index (χ0) is 15.6. The van der Waals surface area contributed by atoms with Gasteiger partial charge in [0.15, 0.2) is 17.5 Å². The molecule has 0 aliphatic carbocycles. The molecule has 1 aliphatic heterocycles. The van der Waals surface area contributed by atoms with Crippen LogP contribution in [0.1, 0.15) is 0 Å². The van der Waals surface area contributed by atoms with Crippen LogP contribution in [-0.2, 0) is 4.74 Å². The van der Waals surface area contributed by atoms with E-state index in [2.05, 4.69) is 30.4 Å². The van der Waals surface area contributed by atoms with Crippen molar-refractivity contribution in [2.45, 2.75) is 0 Å². The normalized spacial score (nSPS) is 15.1. The Hall–Kier alpha value is -2.38. The zero-order valence-corrected chi connectivity index (χ0v) is 13.0. The molecule has 0 atom stereocenters. The molecular weight excluding hydrogens is 316 g/mol. The molecule has 1 fully saturated rings. The molecule has 2 N–H and O–H groups in total. The lowest BCUT2D eigenvalue weighted by molar-refractivity contribution is 0.122. The highest BCUT2D eigenvalue weighted by atomic mass is 35.5. The third-order valence-corrected chi connectivity index (χ3v) is 4.14. The van der Waals surface area contributed by atoms with E-state index in [1.54, 1.807) is 0 Å². The number of benzene rings is 1. The van der Waals surface area contributed by atoms with E-state index in [0.29, 0.717) is 35.7 Å². The number of ether oxygens (including phenoxy) is 1. The van der Waals surface area contributed by atoms with E-state index in [0.717, 1.165) is 24.0 Å². The maximum atomic E-state index is 6.50. The van der Waals surface area contributed by atoms with Crippen molar-refractivity contribution in [2.75, 3.05) is 36.5 Å². The van der Waals surface area contributed by atoms with Gasteiger partial charge >= 0.3 is 0 Å². The van der Waals surface area contributed by atoms with Crippen molar-refractivity contribution in [1.29, 1.82) is 0 Å². The Morgan fingerprint density at radius 2 is 1.96 bits per heavy atom. The highest BCUT2D eigenvalue weighted by Gasteiger charge is 2.19. The van der Waals surface area contributed by atoms with Gasteiger partial charge in [0, 0.05) is 18.5 Å². The molecule has 3 aromatic rings. The number of anilines is 3. The summed E-state index contributed by atoms with van der Waals surface area (Å²) >= 11 is 6.50. The first-order valence-corrected chi connectivity index (χ1v) is 7.74. The van der Waals surface area contributed by atoms with Gasteiger partial charge in [0.25, 0.3) is 0 Å². The quantitative estimate of drug-likeness (QED) is 0.768. The van der Waals surface area contributed by atoms with Crippen LogP contribution in [0.5, 0.6) is 0 Å². The lowest BCUT2D eigenvalue weighted by Crippen LogP contribution is -2.37. The molecule has 0 amide bonds. The van der Waals surface area contributed by atoms with Crippen LogP contribution >= 0.6 is 11.6 Å². The Kier molecular flexibility index (Phi) is 3.72. The maximum Gasteiger partial charge on any atom is 0.161 e. The first kappa shape index (κ1) is 14.2. The van der Waals surface area contributed by atoms with Gasteiger partial charge in [-0.2, -0.15) is 5.10 Å². The van der Waals surface area contributed by atoms with Crippen molar-refractivity contribution in [2.24, 2.45) is 0 Å². The lowest BCUT2D eigenvalue weighted by atomic mass is 10.2. The molecule has 0 spiro atoms. The van der Waals surface area contributed by atoms with Gasteiger partial charge in [-0.05, 0) is 12.1 Å². The number of halogens is 1. The van der Waals surface area contributed by atoms with E-state index in [1.165, 1.54) is 6.33 Å². The fraction of sp³-hybridized carbons (Fsp3) is 0.267. The SMILES string of the molecule is Clc1c(Nc2n[nH]c3ccccc23)ncnc1N1CCOCC1. The Labute approximate surface area is 137 Å². The van der Waals surface area contributed by atoms with E-state index < -0.39 is 0 Å². The number of rotatable bonds is 3. The second kappa shape index (κ2) is 6.02. The molecule has 1 saturated heterocycles. The molecule has 8 heteroatoms. The topological polar surface area (TPSA) is 79.0 Å².